The third-order valence-electron chi connectivity index (χ3n) is 4.83. The molecule has 0 saturated heterocycles. The summed E-state index contributed by atoms with van der Waals surface area (Å²) in [5.41, 5.74) is -0.520. The summed E-state index contributed by atoms with van der Waals surface area (Å²) >= 11 is 0.398. The van der Waals surface area contributed by atoms with Crippen LogP contribution in [0.1, 0.15) is 55.5 Å². The minimum Gasteiger partial charge on any atom is -0.493 e. The lowest BCUT2D eigenvalue weighted by Crippen LogP contribution is -2.47. The van der Waals surface area contributed by atoms with Crippen LogP contribution in [0, 0.1) is 0 Å². The van der Waals surface area contributed by atoms with Crippen LogP contribution in [0.15, 0.2) is 53.4 Å². The Morgan fingerprint density at radius 2 is 1.73 bits per heavy atom. The van der Waals surface area contributed by atoms with Gasteiger partial charge in [-0.15, -0.1) is 0 Å². The molecule has 0 radical (unpaired) electrons. The van der Waals surface area contributed by atoms with Crippen molar-refractivity contribution in [3.05, 3.63) is 59.7 Å². The average Bonchev–Trinajstić information content (AvgIpc) is 2.74. The second-order valence-electron chi connectivity index (χ2n) is 7.95. The summed E-state index contributed by atoms with van der Waals surface area (Å²) in [6, 6.07) is 13.0. The van der Waals surface area contributed by atoms with Gasteiger partial charge in [-0.2, -0.15) is 8.78 Å². The molecule has 33 heavy (non-hydrogen) atoms. The number of benzene rings is 2. The van der Waals surface area contributed by atoms with Gasteiger partial charge in [0.1, 0.15) is 11.5 Å². The number of rotatable bonds is 13. The number of carboxylic acids is 1. The van der Waals surface area contributed by atoms with Gasteiger partial charge in [0.2, 0.25) is 0 Å². The SMILES string of the molecule is CC(C)(O)N(Cc1ccccc1OCCCCCC(=O)O)C(=O)c1ccc(SC(F)F)cc1. The van der Waals surface area contributed by atoms with E-state index in [1.165, 1.54) is 43.0 Å². The number of carbonyl (C=O) groups is 2. The van der Waals surface area contributed by atoms with Crippen LogP contribution in [-0.2, 0) is 11.3 Å². The summed E-state index contributed by atoms with van der Waals surface area (Å²) in [5, 5.41) is 19.4. The van der Waals surface area contributed by atoms with Crippen LogP contribution >= 0.6 is 11.8 Å². The molecule has 6 nitrogen and oxygen atoms in total. The summed E-state index contributed by atoms with van der Waals surface area (Å²) in [6.45, 7) is 3.47. The molecule has 0 fully saturated rings. The van der Waals surface area contributed by atoms with Crippen LogP contribution in [0.25, 0.3) is 0 Å². The molecule has 0 bridgehead atoms. The van der Waals surface area contributed by atoms with Gasteiger partial charge in [-0.05, 0) is 63.4 Å². The molecule has 0 aliphatic heterocycles. The van der Waals surface area contributed by atoms with Crippen LogP contribution in [0.3, 0.4) is 0 Å². The van der Waals surface area contributed by atoms with Crippen molar-refractivity contribution in [2.75, 3.05) is 6.61 Å². The molecule has 0 atom stereocenters. The summed E-state index contributed by atoms with van der Waals surface area (Å²) in [5.74, 6) is -3.24. The van der Waals surface area contributed by atoms with Gasteiger partial charge >= 0.3 is 5.97 Å². The Morgan fingerprint density at radius 1 is 1.06 bits per heavy atom. The molecule has 180 valence electrons. The molecular weight excluding hydrogens is 452 g/mol. The van der Waals surface area contributed by atoms with E-state index in [0.29, 0.717) is 47.4 Å². The first-order valence-corrected chi connectivity index (χ1v) is 11.5. The zero-order valence-corrected chi connectivity index (χ0v) is 19.5. The number of aliphatic hydroxyl groups is 1. The Balaban J connectivity index is 2.09. The molecule has 0 unspecified atom stereocenters. The molecule has 0 saturated carbocycles. The van der Waals surface area contributed by atoms with Gasteiger partial charge in [-0.25, -0.2) is 0 Å². The quantitative estimate of drug-likeness (QED) is 0.226. The predicted octanol–water partition coefficient (Wildman–Crippen LogP) is 5.40. The predicted molar refractivity (Wildman–Crippen MR) is 123 cm³/mol. The maximum atomic E-state index is 13.2. The molecule has 0 aromatic heterocycles. The van der Waals surface area contributed by atoms with E-state index >= 15 is 0 Å². The fourth-order valence-electron chi connectivity index (χ4n) is 3.13. The number of hydrogen-bond donors (Lipinski definition) is 2. The Morgan fingerprint density at radius 3 is 2.33 bits per heavy atom. The third kappa shape index (κ3) is 9.01. The number of unbranched alkanes of at least 4 members (excludes halogenated alkanes) is 2. The summed E-state index contributed by atoms with van der Waals surface area (Å²) in [6.07, 6.45) is 2.12. The van der Waals surface area contributed by atoms with E-state index in [0.717, 1.165) is 6.42 Å². The van der Waals surface area contributed by atoms with E-state index < -0.39 is 23.4 Å². The lowest BCUT2D eigenvalue weighted by atomic mass is 10.1. The van der Waals surface area contributed by atoms with Gasteiger partial charge in [0.05, 0.1) is 13.2 Å². The van der Waals surface area contributed by atoms with Crippen molar-refractivity contribution in [3.63, 3.8) is 0 Å². The minimum atomic E-state index is -2.55. The molecule has 0 aliphatic rings. The van der Waals surface area contributed by atoms with Gasteiger partial charge in [0.25, 0.3) is 11.7 Å². The van der Waals surface area contributed by atoms with E-state index in [4.69, 9.17) is 9.84 Å². The number of aliphatic carboxylic acids is 1. The number of carbonyl (C=O) groups excluding carboxylic acids is 1. The first kappa shape index (κ1) is 26.6. The largest absolute Gasteiger partial charge is 0.493 e. The summed E-state index contributed by atoms with van der Waals surface area (Å²) in [7, 11) is 0. The summed E-state index contributed by atoms with van der Waals surface area (Å²) in [4.78, 5) is 25.4. The van der Waals surface area contributed by atoms with Gasteiger partial charge < -0.3 is 19.8 Å². The number of carboxylic acid groups (broad SMARTS) is 1. The maximum absolute atomic E-state index is 13.2. The van der Waals surface area contributed by atoms with E-state index in [-0.39, 0.29) is 18.5 Å². The molecule has 1 amide bonds. The monoisotopic (exact) mass is 481 g/mol. The van der Waals surface area contributed by atoms with Crippen LogP contribution in [-0.4, -0.2) is 45.1 Å². The number of halogens is 2. The molecule has 0 heterocycles. The number of ether oxygens (including phenoxy) is 1. The molecule has 9 heteroatoms. The van der Waals surface area contributed by atoms with Gasteiger partial charge in [0, 0.05) is 22.4 Å². The number of alkyl halides is 2. The molecule has 2 aromatic carbocycles. The van der Waals surface area contributed by atoms with Crippen molar-refractivity contribution in [2.24, 2.45) is 0 Å². The first-order chi connectivity index (χ1) is 15.6. The Labute approximate surface area is 196 Å². The minimum absolute atomic E-state index is 0.0745. The van der Waals surface area contributed by atoms with Crippen molar-refractivity contribution in [3.8, 4) is 5.75 Å². The zero-order valence-electron chi connectivity index (χ0n) is 18.7. The number of nitrogens with zero attached hydrogens (tertiary/aromatic N) is 1. The van der Waals surface area contributed by atoms with Gasteiger partial charge in [-0.3, -0.25) is 9.59 Å². The highest BCUT2D eigenvalue weighted by Gasteiger charge is 2.30. The summed E-state index contributed by atoms with van der Waals surface area (Å²) < 4.78 is 30.9. The van der Waals surface area contributed by atoms with Crippen molar-refractivity contribution >= 4 is 23.6 Å². The number of amides is 1. The zero-order chi connectivity index (χ0) is 24.4. The topological polar surface area (TPSA) is 87.1 Å². The Kier molecular flexibility index (Phi) is 10.1. The van der Waals surface area contributed by atoms with Crippen LogP contribution in [0.4, 0.5) is 8.78 Å². The molecule has 2 N–H and O–H groups in total. The van der Waals surface area contributed by atoms with Gasteiger partial charge in [0.15, 0.2) is 0 Å². The van der Waals surface area contributed by atoms with Crippen molar-refractivity contribution in [2.45, 2.75) is 62.5 Å². The molecule has 0 spiro atoms. The number of hydrogen-bond acceptors (Lipinski definition) is 5. The Bertz CT molecular complexity index is 916. The van der Waals surface area contributed by atoms with E-state index in [9.17, 15) is 23.5 Å². The second-order valence-corrected chi connectivity index (χ2v) is 9.01. The molecule has 0 aliphatic carbocycles. The number of para-hydroxylation sites is 1. The van der Waals surface area contributed by atoms with Crippen molar-refractivity contribution in [1.29, 1.82) is 0 Å². The molecule has 2 rings (SSSR count). The van der Waals surface area contributed by atoms with E-state index in [1.54, 1.807) is 24.3 Å². The number of thioether (sulfide) groups is 1. The molecule has 2 aromatic rings. The van der Waals surface area contributed by atoms with E-state index in [2.05, 4.69) is 0 Å². The average molecular weight is 482 g/mol. The normalized spacial score (nSPS) is 11.5. The van der Waals surface area contributed by atoms with Crippen molar-refractivity contribution in [1.82, 2.24) is 4.90 Å². The Hall–Kier alpha value is -2.65. The second kappa shape index (κ2) is 12.6. The smallest absolute Gasteiger partial charge is 0.303 e. The maximum Gasteiger partial charge on any atom is 0.303 e. The first-order valence-electron chi connectivity index (χ1n) is 10.6. The highest BCUT2D eigenvalue weighted by molar-refractivity contribution is 7.99. The van der Waals surface area contributed by atoms with Crippen LogP contribution < -0.4 is 4.74 Å². The van der Waals surface area contributed by atoms with E-state index in [1.807, 2.05) is 0 Å². The molecular formula is C24H29F2NO5S. The fourth-order valence-corrected chi connectivity index (χ4v) is 3.63. The van der Waals surface area contributed by atoms with Crippen molar-refractivity contribution < 1.29 is 33.3 Å². The standard InChI is InChI=1S/C24H29F2NO5S/c1-24(2,31)27(22(30)17-11-13-19(14-12-17)33-23(25)26)16-18-8-5-6-9-20(18)32-15-7-3-4-10-21(28)29/h5-6,8-9,11-14,23,31H,3-4,7,10,15-16H2,1-2H3,(H,28,29). The highest BCUT2D eigenvalue weighted by Crippen LogP contribution is 2.28. The van der Waals surface area contributed by atoms with Gasteiger partial charge in [-0.1, -0.05) is 30.0 Å². The van der Waals surface area contributed by atoms with Crippen LogP contribution in [0.5, 0.6) is 5.75 Å². The third-order valence-corrected chi connectivity index (χ3v) is 5.55. The lowest BCUT2D eigenvalue weighted by Gasteiger charge is -2.34. The van der Waals surface area contributed by atoms with Crippen LogP contribution in [0.2, 0.25) is 0 Å². The lowest BCUT2D eigenvalue weighted by molar-refractivity contribution is -0.137. The fraction of sp³-hybridized carbons (Fsp3) is 0.417. The highest BCUT2D eigenvalue weighted by atomic mass is 32.2.